The van der Waals surface area contributed by atoms with E-state index in [1.54, 1.807) is 0 Å². The van der Waals surface area contributed by atoms with Crippen molar-refractivity contribution in [1.82, 2.24) is 21.3 Å². The number of aliphatic imine (C=N–C) groups is 2. The van der Waals surface area contributed by atoms with Gasteiger partial charge in [0.2, 0.25) is 0 Å². The predicted molar refractivity (Wildman–Crippen MR) is 104 cm³/mol. The van der Waals surface area contributed by atoms with Crippen molar-refractivity contribution in [3.63, 3.8) is 0 Å². The van der Waals surface area contributed by atoms with Crippen LogP contribution in [0.3, 0.4) is 0 Å². The molecule has 4 aliphatic rings. The van der Waals surface area contributed by atoms with Crippen molar-refractivity contribution in [2.24, 2.45) is 21.8 Å². The SMILES string of the molecule is O=C(NC1CCC(C2=NCCN2)CC1)NC1CCC(C2=NCCN2)CC1. The predicted octanol–water partition coefficient (Wildman–Crippen LogP) is 1.41. The van der Waals surface area contributed by atoms with E-state index in [0.717, 1.165) is 77.5 Å². The molecule has 0 saturated heterocycles. The smallest absolute Gasteiger partial charge is 0.315 e. The lowest BCUT2D eigenvalue weighted by atomic mass is 9.85. The summed E-state index contributed by atoms with van der Waals surface area (Å²) < 4.78 is 0. The van der Waals surface area contributed by atoms with E-state index in [1.165, 1.54) is 11.7 Å². The highest BCUT2D eigenvalue weighted by molar-refractivity contribution is 5.86. The van der Waals surface area contributed by atoms with Gasteiger partial charge in [0.1, 0.15) is 0 Å². The van der Waals surface area contributed by atoms with Crippen molar-refractivity contribution in [2.75, 3.05) is 26.2 Å². The number of hydrogen-bond donors (Lipinski definition) is 4. The Kier molecular flexibility index (Phi) is 5.60. The van der Waals surface area contributed by atoms with E-state index < -0.39 is 0 Å². The van der Waals surface area contributed by atoms with Crippen molar-refractivity contribution in [1.29, 1.82) is 0 Å². The summed E-state index contributed by atoms with van der Waals surface area (Å²) in [4.78, 5) is 21.5. The first kappa shape index (κ1) is 17.6. The Bertz CT molecular complexity index is 510. The van der Waals surface area contributed by atoms with Crippen molar-refractivity contribution in [3.8, 4) is 0 Å². The molecular formula is C19H32N6O. The summed E-state index contributed by atoms with van der Waals surface area (Å²) >= 11 is 0. The Morgan fingerprint density at radius 3 is 1.50 bits per heavy atom. The van der Waals surface area contributed by atoms with Crippen LogP contribution in [0.25, 0.3) is 0 Å². The zero-order valence-electron chi connectivity index (χ0n) is 15.6. The van der Waals surface area contributed by atoms with Crippen LogP contribution in [0.5, 0.6) is 0 Å². The lowest BCUT2D eigenvalue weighted by molar-refractivity contribution is 0.221. The quantitative estimate of drug-likeness (QED) is 0.611. The number of urea groups is 1. The van der Waals surface area contributed by atoms with Crippen molar-refractivity contribution in [3.05, 3.63) is 0 Å². The molecule has 2 saturated carbocycles. The fraction of sp³-hybridized carbons (Fsp3) is 0.842. The molecule has 0 aromatic heterocycles. The molecule has 2 heterocycles. The molecule has 4 rings (SSSR count). The van der Waals surface area contributed by atoms with Gasteiger partial charge in [-0.1, -0.05) is 0 Å². The van der Waals surface area contributed by atoms with Gasteiger partial charge in [0.25, 0.3) is 0 Å². The molecular weight excluding hydrogens is 328 g/mol. The molecule has 0 bridgehead atoms. The number of carbonyl (C=O) groups excluding carboxylic acids is 1. The van der Waals surface area contributed by atoms with E-state index >= 15 is 0 Å². The zero-order valence-corrected chi connectivity index (χ0v) is 15.6. The molecule has 0 radical (unpaired) electrons. The molecule has 26 heavy (non-hydrogen) atoms. The summed E-state index contributed by atoms with van der Waals surface area (Å²) in [5.41, 5.74) is 0. The average molecular weight is 361 g/mol. The Morgan fingerprint density at radius 2 is 1.15 bits per heavy atom. The second kappa shape index (κ2) is 8.27. The molecule has 2 fully saturated rings. The number of hydrogen-bond acceptors (Lipinski definition) is 5. The number of rotatable bonds is 4. The fourth-order valence-electron chi connectivity index (χ4n) is 4.81. The summed E-state index contributed by atoms with van der Waals surface area (Å²) in [6.45, 7) is 3.81. The van der Waals surface area contributed by atoms with E-state index in [-0.39, 0.29) is 6.03 Å². The molecule has 2 aliphatic carbocycles. The molecule has 7 heteroatoms. The van der Waals surface area contributed by atoms with Gasteiger partial charge >= 0.3 is 6.03 Å². The van der Waals surface area contributed by atoms with Crippen LogP contribution in [0, 0.1) is 11.8 Å². The monoisotopic (exact) mass is 360 g/mol. The normalized spacial score (nSPS) is 34.3. The molecule has 0 aromatic rings. The second-order valence-electron chi connectivity index (χ2n) is 8.10. The summed E-state index contributed by atoms with van der Waals surface area (Å²) in [5, 5.41) is 13.2. The molecule has 2 amide bonds. The third-order valence-corrected chi connectivity index (χ3v) is 6.30. The molecule has 144 valence electrons. The molecule has 0 atom stereocenters. The molecule has 0 unspecified atom stereocenters. The maximum Gasteiger partial charge on any atom is 0.315 e. The topological polar surface area (TPSA) is 89.9 Å². The molecule has 2 aliphatic heterocycles. The van der Waals surface area contributed by atoms with Crippen molar-refractivity contribution >= 4 is 17.7 Å². The van der Waals surface area contributed by atoms with Gasteiger partial charge in [-0.15, -0.1) is 0 Å². The largest absolute Gasteiger partial charge is 0.372 e. The highest BCUT2D eigenvalue weighted by Gasteiger charge is 2.29. The van der Waals surface area contributed by atoms with Crippen LogP contribution in [-0.4, -0.2) is 56.0 Å². The van der Waals surface area contributed by atoms with Crippen molar-refractivity contribution in [2.45, 2.75) is 63.5 Å². The Morgan fingerprint density at radius 1 is 0.731 bits per heavy atom. The Hall–Kier alpha value is -1.79. The van der Waals surface area contributed by atoms with Crippen LogP contribution in [0.2, 0.25) is 0 Å². The van der Waals surface area contributed by atoms with Gasteiger partial charge in [0.15, 0.2) is 0 Å². The van der Waals surface area contributed by atoms with E-state index in [4.69, 9.17) is 0 Å². The van der Waals surface area contributed by atoms with Crippen LogP contribution >= 0.6 is 0 Å². The summed E-state index contributed by atoms with van der Waals surface area (Å²) in [7, 11) is 0. The first-order chi connectivity index (χ1) is 12.8. The highest BCUT2D eigenvalue weighted by atomic mass is 16.2. The number of nitrogens with zero attached hydrogens (tertiary/aromatic N) is 2. The van der Waals surface area contributed by atoms with E-state index in [0.29, 0.717) is 23.9 Å². The zero-order chi connectivity index (χ0) is 17.8. The van der Waals surface area contributed by atoms with Crippen LogP contribution < -0.4 is 21.3 Å². The molecule has 0 spiro atoms. The van der Waals surface area contributed by atoms with Gasteiger partial charge in [0, 0.05) is 37.0 Å². The molecule has 4 N–H and O–H groups in total. The van der Waals surface area contributed by atoms with Crippen LogP contribution in [0.1, 0.15) is 51.4 Å². The van der Waals surface area contributed by atoms with Gasteiger partial charge < -0.3 is 21.3 Å². The van der Waals surface area contributed by atoms with E-state index in [9.17, 15) is 4.79 Å². The average Bonchev–Trinajstić information content (AvgIpc) is 3.37. The molecule has 7 nitrogen and oxygen atoms in total. The van der Waals surface area contributed by atoms with Gasteiger partial charge in [-0.25, -0.2) is 4.79 Å². The maximum atomic E-state index is 12.4. The van der Waals surface area contributed by atoms with Crippen molar-refractivity contribution < 1.29 is 4.79 Å². The summed E-state index contributed by atoms with van der Waals surface area (Å²) in [5.74, 6) is 3.54. The van der Waals surface area contributed by atoms with Gasteiger partial charge in [-0.2, -0.15) is 0 Å². The van der Waals surface area contributed by atoms with E-state index in [1.807, 2.05) is 0 Å². The van der Waals surface area contributed by atoms with Crippen LogP contribution in [-0.2, 0) is 0 Å². The van der Waals surface area contributed by atoms with Crippen LogP contribution in [0.15, 0.2) is 9.98 Å². The third kappa shape index (κ3) is 4.30. The maximum absolute atomic E-state index is 12.4. The van der Waals surface area contributed by atoms with Gasteiger partial charge in [-0.3, -0.25) is 9.98 Å². The van der Waals surface area contributed by atoms with Gasteiger partial charge in [0.05, 0.1) is 24.8 Å². The third-order valence-electron chi connectivity index (χ3n) is 6.30. The van der Waals surface area contributed by atoms with Gasteiger partial charge in [-0.05, 0) is 51.4 Å². The number of amidine groups is 2. The fourth-order valence-corrected chi connectivity index (χ4v) is 4.81. The minimum atomic E-state index is 0.0181. The lowest BCUT2D eigenvalue weighted by Crippen LogP contribution is -2.49. The Labute approximate surface area is 155 Å². The molecule has 0 aromatic carbocycles. The highest BCUT2D eigenvalue weighted by Crippen LogP contribution is 2.27. The second-order valence-corrected chi connectivity index (χ2v) is 8.10. The minimum absolute atomic E-state index is 0.0181. The Balaban J connectivity index is 1.15. The standard InChI is InChI=1S/C19H32N6O/c26-19(24-15-5-1-13(2-6-15)17-20-9-10-21-17)25-16-7-3-14(4-8-16)18-22-11-12-23-18/h13-16H,1-12H2,(H,20,21)(H,22,23)(H2,24,25,26). The summed E-state index contributed by atoms with van der Waals surface area (Å²) in [6, 6.07) is 0.632. The number of amides is 2. The first-order valence-corrected chi connectivity index (χ1v) is 10.4. The number of carbonyl (C=O) groups is 1. The van der Waals surface area contributed by atoms with Crippen LogP contribution in [0.4, 0.5) is 4.79 Å². The minimum Gasteiger partial charge on any atom is -0.372 e. The first-order valence-electron chi connectivity index (χ1n) is 10.4. The van der Waals surface area contributed by atoms with E-state index in [2.05, 4.69) is 31.3 Å². The lowest BCUT2D eigenvalue weighted by Gasteiger charge is -2.32. The number of nitrogens with one attached hydrogen (secondary N) is 4. The summed E-state index contributed by atoms with van der Waals surface area (Å²) in [6.07, 6.45) is 8.70.